The Hall–Kier alpha value is -4.04. The topological polar surface area (TPSA) is 96.0 Å². The maximum Gasteiger partial charge on any atom is 0.266 e. The minimum Gasteiger partial charge on any atom is -0.354 e. The SMILES string of the molecule is Cc1cccc(-n2c(=S)[nH]c3cc(C(=O)NCCNC(=O)Cc4ccccc4)ccc3c2=O)c1C. The molecule has 3 aromatic carbocycles. The molecule has 4 rings (SSSR count). The van der Waals surface area contributed by atoms with Crippen molar-refractivity contribution < 1.29 is 9.59 Å². The zero-order chi connectivity index (χ0) is 24.9. The summed E-state index contributed by atoms with van der Waals surface area (Å²) >= 11 is 5.48. The number of carbonyl (C=O) groups is 2. The summed E-state index contributed by atoms with van der Waals surface area (Å²) in [6.45, 7) is 4.53. The number of rotatable bonds is 7. The van der Waals surface area contributed by atoms with Crippen molar-refractivity contribution in [2.45, 2.75) is 20.3 Å². The fourth-order valence-corrected chi connectivity index (χ4v) is 4.17. The van der Waals surface area contributed by atoms with Crippen LogP contribution >= 0.6 is 12.2 Å². The molecule has 7 nitrogen and oxygen atoms in total. The molecule has 4 aromatic rings. The zero-order valence-corrected chi connectivity index (χ0v) is 20.4. The Balaban J connectivity index is 1.44. The maximum atomic E-state index is 13.2. The van der Waals surface area contributed by atoms with E-state index in [-0.39, 0.29) is 35.1 Å². The van der Waals surface area contributed by atoms with Gasteiger partial charge >= 0.3 is 0 Å². The molecule has 0 bridgehead atoms. The average molecular weight is 487 g/mol. The first-order valence-corrected chi connectivity index (χ1v) is 11.7. The molecule has 0 saturated heterocycles. The summed E-state index contributed by atoms with van der Waals surface area (Å²) in [6.07, 6.45) is 0.290. The van der Waals surface area contributed by atoms with Crippen molar-refractivity contribution in [3.8, 4) is 5.69 Å². The molecule has 0 aliphatic heterocycles. The van der Waals surface area contributed by atoms with Crippen LogP contribution in [0.4, 0.5) is 0 Å². The molecule has 1 heterocycles. The first-order chi connectivity index (χ1) is 16.8. The van der Waals surface area contributed by atoms with Crippen molar-refractivity contribution in [1.82, 2.24) is 20.2 Å². The zero-order valence-electron chi connectivity index (χ0n) is 19.6. The Morgan fingerprint density at radius 2 is 1.69 bits per heavy atom. The Labute approximate surface area is 207 Å². The number of amides is 2. The van der Waals surface area contributed by atoms with Gasteiger partial charge in [-0.25, -0.2) is 0 Å². The predicted molar refractivity (Wildman–Crippen MR) is 140 cm³/mol. The lowest BCUT2D eigenvalue weighted by Crippen LogP contribution is -2.35. The lowest BCUT2D eigenvalue weighted by molar-refractivity contribution is -0.120. The maximum absolute atomic E-state index is 13.2. The van der Waals surface area contributed by atoms with Gasteiger partial charge in [-0.3, -0.25) is 19.0 Å². The van der Waals surface area contributed by atoms with Gasteiger partial charge in [0.15, 0.2) is 4.77 Å². The number of aromatic nitrogens is 2. The highest BCUT2D eigenvalue weighted by molar-refractivity contribution is 7.71. The first-order valence-electron chi connectivity index (χ1n) is 11.3. The van der Waals surface area contributed by atoms with Crippen LogP contribution in [0.1, 0.15) is 27.0 Å². The van der Waals surface area contributed by atoms with Crippen molar-refractivity contribution in [3.63, 3.8) is 0 Å². The molecule has 0 radical (unpaired) electrons. The summed E-state index contributed by atoms with van der Waals surface area (Å²) in [6, 6.07) is 20.0. The lowest BCUT2D eigenvalue weighted by Gasteiger charge is -2.13. The number of aromatic amines is 1. The second-order valence-electron chi connectivity index (χ2n) is 8.32. The van der Waals surface area contributed by atoms with E-state index in [9.17, 15) is 14.4 Å². The van der Waals surface area contributed by atoms with E-state index in [1.54, 1.807) is 18.2 Å². The average Bonchev–Trinajstić information content (AvgIpc) is 2.84. The highest BCUT2D eigenvalue weighted by atomic mass is 32.1. The van der Waals surface area contributed by atoms with Crippen molar-refractivity contribution in [2.75, 3.05) is 13.1 Å². The third-order valence-corrected chi connectivity index (χ3v) is 6.20. The molecule has 0 unspecified atom stereocenters. The number of carbonyl (C=O) groups excluding carboxylic acids is 2. The fraction of sp³-hybridized carbons (Fsp3) is 0.185. The van der Waals surface area contributed by atoms with Gasteiger partial charge in [0.2, 0.25) is 5.91 Å². The highest BCUT2D eigenvalue weighted by Crippen LogP contribution is 2.18. The van der Waals surface area contributed by atoms with Crippen molar-refractivity contribution in [1.29, 1.82) is 0 Å². The molecule has 3 N–H and O–H groups in total. The summed E-state index contributed by atoms with van der Waals surface area (Å²) in [4.78, 5) is 41.0. The monoisotopic (exact) mass is 486 g/mol. The van der Waals surface area contributed by atoms with Gasteiger partial charge < -0.3 is 15.6 Å². The normalized spacial score (nSPS) is 10.8. The van der Waals surface area contributed by atoms with E-state index in [0.29, 0.717) is 23.0 Å². The van der Waals surface area contributed by atoms with Gasteiger partial charge in [0, 0.05) is 18.7 Å². The molecule has 0 fully saturated rings. The second-order valence-corrected chi connectivity index (χ2v) is 8.71. The summed E-state index contributed by atoms with van der Waals surface area (Å²) in [5.41, 5.74) is 4.33. The third kappa shape index (κ3) is 5.38. The Morgan fingerprint density at radius 3 is 2.46 bits per heavy atom. The van der Waals surface area contributed by atoms with Crippen LogP contribution < -0.4 is 16.2 Å². The molecule has 35 heavy (non-hydrogen) atoms. The van der Waals surface area contributed by atoms with Gasteiger partial charge in [-0.2, -0.15) is 0 Å². The number of H-pyrrole nitrogens is 1. The molecule has 8 heteroatoms. The van der Waals surface area contributed by atoms with E-state index in [2.05, 4.69) is 15.6 Å². The standard InChI is InChI=1S/C27H26N4O3S/c1-17-7-6-10-23(18(17)2)31-26(34)21-12-11-20(16-22(21)30-27(31)35)25(33)29-14-13-28-24(32)15-19-8-4-3-5-9-19/h3-12,16H,13-15H2,1-2H3,(H,28,32)(H,29,33)(H,30,35). The predicted octanol–water partition coefficient (Wildman–Crippen LogP) is 3.75. The van der Waals surface area contributed by atoms with Crippen LogP contribution in [0.3, 0.4) is 0 Å². The molecule has 1 aromatic heterocycles. The molecular formula is C27H26N4O3S. The molecule has 2 amide bonds. The molecule has 0 spiro atoms. The smallest absolute Gasteiger partial charge is 0.266 e. The van der Waals surface area contributed by atoms with Gasteiger partial charge in [-0.15, -0.1) is 0 Å². The third-order valence-electron chi connectivity index (χ3n) is 5.92. The molecule has 178 valence electrons. The molecule has 0 aliphatic carbocycles. The summed E-state index contributed by atoms with van der Waals surface area (Å²) in [7, 11) is 0. The number of fused-ring (bicyclic) bond motifs is 1. The van der Waals surface area contributed by atoms with Crippen LogP contribution in [-0.2, 0) is 11.2 Å². The largest absolute Gasteiger partial charge is 0.354 e. The van der Waals surface area contributed by atoms with E-state index in [1.807, 2.05) is 62.4 Å². The molecular weight excluding hydrogens is 460 g/mol. The second kappa shape index (κ2) is 10.5. The fourth-order valence-electron chi connectivity index (χ4n) is 3.88. The van der Waals surface area contributed by atoms with E-state index >= 15 is 0 Å². The Morgan fingerprint density at radius 1 is 0.943 bits per heavy atom. The van der Waals surface area contributed by atoms with E-state index < -0.39 is 0 Å². The van der Waals surface area contributed by atoms with Gasteiger partial charge in [0.05, 0.1) is 23.0 Å². The number of hydrogen-bond acceptors (Lipinski definition) is 4. The summed E-state index contributed by atoms with van der Waals surface area (Å²) in [5, 5.41) is 6.02. The van der Waals surface area contributed by atoms with Gasteiger partial charge in [0.1, 0.15) is 0 Å². The molecule has 0 saturated carbocycles. The van der Waals surface area contributed by atoms with Crippen LogP contribution in [0.5, 0.6) is 0 Å². The quantitative estimate of drug-likeness (QED) is 0.274. The minimum absolute atomic E-state index is 0.108. The Kier molecular flexibility index (Phi) is 7.22. The molecule has 0 aliphatic rings. The van der Waals surface area contributed by atoms with Crippen LogP contribution in [0.25, 0.3) is 16.6 Å². The summed E-state index contributed by atoms with van der Waals surface area (Å²) < 4.78 is 1.74. The number of benzene rings is 3. The van der Waals surface area contributed by atoms with E-state index in [0.717, 1.165) is 22.4 Å². The minimum atomic E-state index is -0.303. The van der Waals surface area contributed by atoms with Crippen molar-refractivity contribution >= 4 is 34.9 Å². The van der Waals surface area contributed by atoms with E-state index in [4.69, 9.17) is 12.2 Å². The number of aryl methyl sites for hydroxylation is 1. The van der Waals surface area contributed by atoms with Crippen LogP contribution in [0, 0.1) is 18.6 Å². The molecule has 0 atom stereocenters. The first kappa shape index (κ1) is 24.1. The highest BCUT2D eigenvalue weighted by Gasteiger charge is 2.13. The van der Waals surface area contributed by atoms with Crippen molar-refractivity contribution in [2.24, 2.45) is 0 Å². The number of nitrogens with zero attached hydrogens (tertiary/aromatic N) is 1. The van der Waals surface area contributed by atoms with E-state index in [1.165, 1.54) is 4.57 Å². The van der Waals surface area contributed by atoms with Crippen LogP contribution in [0.15, 0.2) is 71.5 Å². The number of nitrogens with one attached hydrogen (secondary N) is 3. The summed E-state index contributed by atoms with van der Waals surface area (Å²) in [5.74, 6) is -0.411. The van der Waals surface area contributed by atoms with Gasteiger partial charge in [-0.1, -0.05) is 42.5 Å². The number of hydrogen-bond donors (Lipinski definition) is 3. The Bertz CT molecular complexity index is 1520. The van der Waals surface area contributed by atoms with Gasteiger partial charge in [-0.05, 0) is 67.0 Å². The van der Waals surface area contributed by atoms with Gasteiger partial charge in [0.25, 0.3) is 11.5 Å². The van der Waals surface area contributed by atoms with Crippen LogP contribution in [0.2, 0.25) is 0 Å². The van der Waals surface area contributed by atoms with Crippen molar-refractivity contribution in [3.05, 3.63) is 104 Å². The van der Waals surface area contributed by atoms with Crippen LogP contribution in [-0.4, -0.2) is 34.5 Å². The lowest BCUT2D eigenvalue weighted by atomic mass is 10.1.